The molecule has 3 aromatic rings. The molecule has 2 nitrogen and oxygen atoms in total. The minimum absolute atomic E-state index is 0.0284. The Hall–Kier alpha value is -2.61. The van der Waals surface area contributed by atoms with Crippen molar-refractivity contribution in [2.75, 3.05) is 5.73 Å². The van der Waals surface area contributed by atoms with Gasteiger partial charge in [-0.15, -0.1) is 0 Å². The molecule has 0 unspecified atom stereocenters. The molecule has 0 aliphatic heterocycles. The van der Waals surface area contributed by atoms with Crippen molar-refractivity contribution in [3.05, 3.63) is 77.4 Å². The number of benzene rings is 3. The number of nitrogen functional groups attached to an aromatic ring is 1. The van der Waals surface area contributed by atoms with Crippen LogP contribution < -0.4 is 5.73 Å². The molecule has 0 saturated carbocycles. The first-order valence-electron chi connectivity index (χ1n) is 6.55. The minimum Gasteiger partial charge on any atom is -0.398 e. The summed E-state index contributed by atoms with van der Waals surface area (Å²) in [5, 5.41) is 1.93. The zero-order valence-electron chi connectivity index (χ0n) is 11.3. The van der Waals surface area contributed by atoms with Crippen molar-refractivity contribution in [2.45, 2.75) is 6.92 Å². The largest absolute Gasteiger partial charge is 0.398 e. The molecule has 0 spiro atoms. The van der Waals surface area contributed by atoms with Crippen molar-refractivity contribution in [2.24, 2.45) is 0 Å². The normalized spacial score (nSPS) is 10.7. The fraction of sp³-hybridized carbons (Fsp3) is 0.0556. The average molecular weight is 261 g/mol. The molecule has 0 radical (unpaired) electrons. The first-order valence-corrected chi connectivity index (χ1v) is 6.55. The average Bonchev–Trinajstić information content (AvgIpc) is 2.47. The Balaban J connectivity index is 2.21. The van der Waals surface area contributed by atoms with Crippen LogP contribution in [0.3, 0.4) is 0 Å². The molecule has 0 amide bonds. The van der Waals surface area contributed by atoms with E-state index in [0.717, 1.165) is 16.3 Å². The third kappa shape index (κ3) is 2.05. The molecule has 0 atom stereocenters. The van der Waals surface area contributed by atoms with Gasteiger partial charge in [-0.3, -0.25) is 4.79 Å². The molecule has 3 rings (SSSR count). The number of ketones is 1. The molecule has 98 valence electrons. The van der Waals surface area contributed by atoms with Gasteiger partial charge < -0.3 is 5.73 Å². The van der Waals surface area contributed by atoms with Gasteiger partial charge in [-0.2, -0.15) is 0 Å². The molecule has 2 heteroatoms. The highest BCUT2D eigenvalue weighted by Crippen LogP contribution is 2.26. The maximum absolute atomic E-state index is 12.7. The lowest BCUT2D eigenvalue weighted by molar-refractivity contribution is 0.104. The van der Waals surface area contributed by atoms with Crippen LogP contribution in [0.5, 0.6) is 0 Å². The fourth-order valence-corrected chi connectivity index (χ4v) is 2.39. The molecule has 0 heterocycles. The second-order valence-corrected chi connectivity index (χ2v) is 4.95. The van der Waals surface area contributed by atoms with Crippen LogP contribution >= 0.6 is 0 Å². The number of hydrogen-bond donors (Lipinski definition) is 1. The molecule has 20 heavy (non-hydrogen) atoms. The van der Waals surface area contributed by atoms with Gasteiger partial charge in [0.05, 0.1) is 5.56 Å². The number of rotatable bonds is 2. The number of aryl methyl sites for hydroxylation is 1. The summed E-state index contributed by atoms with van der Waals surface area (Å²) in [6, 6.07) is 19.1. The topological polar surface area (TPSA) is 43.1 Å². The Labute approximate surface area is 117 Å². The lowest BCUT2D eigenvalue weighted by atomic mass is 9.95. The Morgan fingerprint density at radius 2 is 1.60 bits per heavy atom. The minimum atomic E-state index is -0.0284. The maximum Gasteiger partial charge on any atom is 0.195 e. The third-order valence-electron chi connectivity index (χ3n) is 3.50. The third-order valence-corrected chi connectivity index (χ3v) is 3.50. The highest BCUT2D eigenvalue weighted by Gasteiger charge is 2.15. The van der Waals surface area contributed by atoms with E-state index >= 15 is 0 Å². The first kappa shape index (κ1) is 12.4. The molecule has 0 saturated heterocycles. The summed E-state index contributed by atoms with van der Waals surface area (Å²) in [6.45, 7) is 2.00. The lowest BCUT2D eigenvalue weighted by Gasteiger charge is -2.09. The van der Waals surface area contributed by atoms with E-state index in [2.05, 4.69) is 0 Å². The smallest absolute Gasteiger partial charge is 0.195 e. The summed E-state index contributed by atoms with van der Waals surface area (Å²) < 4.78 is 0. The van der Waals surface area contributed by atoms with Gasteiger partial charge in [-0.1, -0.05) is 60.2 Å². The summed E-state index contributed by atoms with van der Waals surface area (Å²) in [6.07, 6.45) is 0. The zero-order valence-corrected chi connectivity index (χ0v) is 11.3. The SMILES string of the molecule is Cc1ccc(C(=O)c2c(N)ccc3ccccc23)cc1. The maximum atomic E-state index is 12.7. The van der Waals surface area contributed by atoms with Crippen LogP contribution in [0.4, 0.5) is 5.69 Å². The Kier molecular flexibility index (Phi) is 2.99. The zero-order chi connectivity index (χ0) is 14.1. The highest BCUT2D eigenvalue weighted by atomic mass is 16.1. The Morgan fingerprint density at radius 3 is 2.35 bits per heavy atom. The summed E-state index contributed by atoms with van der Waals surface area (Å²) in [5.74, 6) is -0.0284. The van der Waals surface area contributed by atoms with Crippen LogP contribution in [0.15, 0.2) is 60.7 Å². The standard InChI is InChI=1S/C18H15NO/c1-12-6-8-14(9-7-12)18(20)17-15-5-3-2-4-13(15)10-11-16(17)19/h2-11H,19H2,1H3. The van der Waals surface area contributed by atoms with E-state index < -0.39 is 0 Å². The van der Waals surface area contributed by atoms with Crippen LogP contribution in [0.2, 0.25) is 0 Å². The van der Waals surface area contributed by atoms with E-state index in [4.69, 9.17) is 5.73 Å². The lowest BCUT2D eigenvalue weighted by Crippen LogP contribution is -2.06. The number of fused-ring (bicyclic) bond motifs is 1. The number of hydrogen-bond acceptors (Lipinski definition) is 2. The number of carbonyl (C=O) groups excluding carboxylic acids is 1. The second kappa shape index (κ2) is 4.82. The quantitative estimate of drug-likeness (QED) is 0.560. The van der Waals surface area contributed by atoms with E-state index in [1.165, 1.54) is 0 Å². The van der Waals surface area contributed by atoms with Crippen LogP contribution in [0, 0.1) is 6.92 Å². The van der Waals surface area contributed by atoms with Crippen LogP contribution in [-0.2, 0) is 0 Å². The van der Waals surface area contributed by atoms with Gasteiger partial charge in [0.1, 0.15) is 0 Å². The monoisotopic (exact) mass is 261 g/mol. The summed E-state index contributed by atoms with van der Waals surface area (Å²) in [7, 11) is 0. The van der Waals surface area contributed by atoms with Gasteiger partial charge in [0.2, 0.25) is 0 Å². The van der Waals surface area contributed by atoms with E-state index in [9.17, 15) is 4.79 Å². The van der Waals surface area contributed by atoms with Gasteiger partial charge >= 0.3 is 0 Å². The highest BCUT2D eigenvalue weighted by molar-refractivity contribution is 6.19. The molecule has 0 aliphatic carbocycles. The molecule has 3 aromatic carbocycles. The summed E-state index contributed by atoms with van der Waals surface area (Å²) in [4.78, 5) is 12.7. The van der Waals surface area contributed by atoms with Crippen LogP contribution in [0.25, 0.3) is 10.8 Å². The van der Waals surface area contributed by atoms with Crippen LogP contribution in [-0.4, -0.2) is 5.78 Å². The van der Waals surface area contributed by atoms with Crippen molar-refractivity contribution in [3.8, 4) is 0 Å². The van der Waals surface area contributed by atoms with Gasteiger partial charge in [-0.25, -0.2) is 0 Å². The van der Waals surface area contributed by atoms with Gasteiger partial charge in [0, 0.05) is 11.3 Å². The molecular formula is C18H15NO. The van der Waals surface area contributed by atoms with Crippen molar-refractivity contribution in [1.82, 2.24) is 0 Å². The number of anilines is 1. The van der Waals surface area contributed by atoms with Crippen molar-refractivity contribution in [3.63, 3.8) is 0 Å². The predicted molar refractivity (Wildman–Crippen MR) is 83.0 cm³/mol. The van der Waals surface area contributed by atoms with E-state index in [1.807, 2.05) is 61.5 Å². The van der Waals surface area contributed by atoms with Gasteiger partial charge in [0.25, 0.3) is 0 Å². The van der Waals surface area contributed by atoms with Crippen molar-refractivity contribution in [1.29, 1.82) is 0 Å². The molecule has 0 fully saturated rings. The molecule has 0 bridgehead atoms. The molecular weight excluding hydrogens is 246 g/mol. The molecule has 0 aromatic heterocycles. The molecule has 0 aliphatic rings. The second-order valence-electron chi connectivity index (χ2n) is 4.95. The van der Waals surface area contributed by atoms with Crippen LogP contribution in [0.1, 0.15) is 21.5 Å². The fourth-order valence-electron chi connectivity index (χ4n) is 2.39. The summed E-state index contributed by atoms with van der Waals surface area (Å²) in [5.41, 5.74) is 8.94. The number of nitrogens with two attached hydrogens (primary N) is 1. The Bertz CT molecular complexity index is 788. The van der Waals surface area contributed by atoms with E-state index in [0.29, 0.717) is 16.8 Å². The Morgan fingerprint density at radius 1 is 0.900 bits per heavy atom. The number of carbonyl (C=O) groups is 1. The van der Waals surface area contributed by atoms with Crippen molar-refractivity contribution >= 4 is 22.2 Å². The van der Waals surface area contributed by atoms with Gasteiger partial charge in [0.15, 0.2) is 5.78 Å². The van der Waals surface area contributed by atoms with Crippen molar-refractivity contribution < 1.29 is 4.79 Å². The van der Waals surface area contributed by atoms with Gasteiger partial charge in [-0.05, 0) is 23.8 Å². The predicted octanol–water partition coefficient (Wildman–Crippen LogP) is 3.96. The van der Waals surface area contributed by atoms with E-state index in [-0.39, 0.29) is 5.78 Å². The first-order chi connectivity index (χ1) is 9.66. The molecule has 2 N–H and O–H groups in total. The van der Waals surface area contributed by atoms with E-state index in [1.54, 1.807) is 6.07 Å². The summed E-state index contributed by atoms with van der Waals surface area (Å²) >= 11 is 0.